The summed E-state index contributed by atoms with van der Waals surface area (Å²) in [6, 6.07) is 1.81. The minimum atomic E-state index is -0.778. The van der Waals surface area contributed by atoms with Crippen LogP contribution in [0.3, 0.4) is 0 Å². The quantitative estimate of drug-likeness (QED) is 0.533. The summed E-state index contributed by atoms with van der Waals surface area (Å²) in [7, 11) is 0. The number of aryl methyl sites for hydroxylation is 1. The summed E-state index contributed by atoms with van der Waals surface area (Å²) in [6.45, 7) is 13.7. The molecule has 1 unspecified atom stereocenters. The average molecular weight is 484 g/mol. The molecule has 166 valence electrons. The Bertz CT molecular complexity index is 861. The van der Waals surface area contributed by atoms with E-state index in [2.05, 4.69) is 20.9 Å². The Balaban J connectivity index is 1.98. The monoisotopic (exact) mass is 483 g/mol. The van der Waals surface area contributed by atoms with Gasteiger partial charge >= 0.3 is 12.2 Å². The summed E-state index contributed by atoms with van der Waals surface area (Å²) >= 11 is 3.46. The molecule has 2 aliphatic heterocycles. The molecule has 0 bridgehead atoms. The maximum absolute atomic E-state index is 13.3. The van der Waals surface area contributed by atoms with E-state index in [0.29, 0.717) is 24.5 Å². The SMILES string of the molecule is Cc1nc2c(cc1Br)OCC1(CCN(C(=O)OC(C)(C)C)C1)N2C(=O)OC(C)(C)C. The van der Waals surface area contributed by atoms with Gasteiger partial charge in [0.15, 0.2) is 11.6 Å². The molecule has 0 radical (unpaired) electrons. The second kappa shape index (κ2) is 7.59. The van der Waals surface area contributed by atoms with Crippen LogP contribution in [0.1, 0.15) is 53.7 Å². The molecule has 0 aromatic carbocycles. The number of carbonyl (C=O) groups is 2. The van der Waals surface area contributed by atoms with E-state index >= 15 is 0 Å². The predicted octanol–water partition coefficient (Wildman–Crippen LogP) is 4.67. The Morgan fingerprint density at radius 2 is 1.73 bits per heavy atom. The number of likely N-dealkylation sites (tertiary alicyclic amines) is 1. The summed E-state index contributed by atoms with van der Waals surface area (Å²) in [5.41, 5.74) is -1.33. The van der Waals surface area contributed by atoms with Crippen LogP contribution in [-0.2, 0) is 9.47 Å². The number of rotatable bonds is 0. The van der Waals surface area contributed by atoms with Crippen molar-refractivity contribution in [3.05, 3.63) is 16.2 Å². The molecule has 1 atom stereocenters. The molecular weight excluding hydrogens is 454 g/mol. The van der Waals surface area contributed by atoms with E-state index in [9.17, 15) is 9.59 Å². The van der Waals surface area contributed by atoms with Crippen molar-refractivity contribution in [1.82, 2.24) is 9.88 Å². The number of fused-ring (bicyclic) bond motifs is 1. The number of carbonyl (C=O) groups excluding carboxylic acids is 2. The van der Waals surface area contributed by atoms with Crippen molar-refractivity contribution in [2.45, 2.75) is 71.6 Å². The Morgan fingerprint density at radius 3 is 2.33 bits per heavy atom. The van der Waals surface area contributed by atoms with Gasteiger partial charge in [0, 0.05) is 17.1 Å². The normalized spacial score (nSPS) is 21.3. The molecule has 2 amide bonds. The van der Waals surface area contributed by atoms with Crippen LogP contribution in [0.4, 0.5) is 15.4 Å². The number of hydrogen-bond acceptors (Lipinski definition) is 6. The van der Waals surface area contributed by atoms with E-state index in [4.69, 9.17) is 14.2 Å². The van der Waals surface area contributed by atoms with Crippen LogP contribution in [0.5, 0.6) is 5.75 Å². The third-order valence-corrected chi connectivity index (χ3v) is 5.64. The van der Waals surface area contributed by atoms with Crippen LogP contribution in [0.25, 0.3) is 0 Å². The Hall–Kier alpha value is -2.03. The van der Waals surface area contributed by atoms with Crippen molar-refractivity contribution in [3.8, 4) is 5.75 Å². The molecule has 0 N–H and O–H groups in total. The maximum atomic E-state index is 13.3. The predicted molar refractivity (Wildman–Crippen MR) is 116 cm³/mol. The number of pyridine rings is 1. The molecule has 3 rings (SSSR count). The van der Waals surface area contributed by atoms with Gasteiger partial charge in [0.2, 0.25) is 0 Å². The van der Waals surface area contributed by atoms with E-state index in [1.807, 2.05) is 54.5 Å². The van der Waals surface area contributed by atoms with E-state index < -0.39 is 28.9 Å². The van der Waals surface area contributed by atoms with Gasteiger partial charge < -0.3 is 19.1 Å². The molecule has 3 heterocycles. The summed E-state index contributed by atoms with van der Waals surface area (Å²) in [6.07, 6.45) is -0.386. The molecule has 1 aromatic heterocycles. The van der Waals surface area contributed by atoms with Crippen LogP contribution in [-0.4, -0.2) is 58.5 Å². The first-order chi connectivity index (χ1) is 13.7. The second-order valence-corrected chi connectivity index (χ2v) is 10.7. The summed E-state index contributed by atoms with van der Waals surface area (Å²) in [5.74, 6) is 0.905. The molecule has 1 aromatic rings. The lowest BCUT2D eigenvalue weighted by Crippen LogP contribution is -2.61. The van der Waals surface area contributed by atoms with E-state index in [1.165, 1.54) is 0 Å². The molecule has 9 heteroatoms. The number of hydrogen-bond donors (Lipinski definition) is 0. The highest BCUT2D eigenvalue weighted by Crippen LogP contribution is 2.43. The fraction of sp³-hybridized carbons (Fsp3) is 0.667. The van der Waals surface area contributed by atoms with E-state index in [0.717, 1.165) is 10.2 Å². The van der Waals surface area contributed by atoms with Crippen molar-refractivity contribution >= 4 is 33.9 Å². The fourth-order valence-corrected chi connectivity index (χ4v) is 3.84. The van der Waals surface area contributed by atoms with Crippen molar-refractivity contribution in [2.24, 2.45) is 0 Å². The highest BCUT2D eigenvalue weighted by atomic mass is 79.9. The van der Waals surface area contributed by atoms with Crippen LogP contribution in [0.15, 0.2) is 10.5 Å². The smallest absolute Gasteiger partial charge is 0.416 e. The average Bonchev–Trinajstić information content (AvgIpc) is 2.98. The Labute approximate surface area is 186 Å². The summed E-state index contributed by atoms with van der Waals surface area (Å²) in [5, 5.41) is 0. The molecule has 1 spiro atoms. The number of ether oxygens (including phenoxy) is 3. The van der Waals surface area contributed by atoms with Gasteiger partial charge in [-0.15, -0.1) is 0 Å². The topological polar surface area (TPSA) is 81.2 Å². The molecule has 1 saturated heterocycles. The molecular formula is C21H30BrN3O5. The first kappa shape index (κ1) is 22.7. The first-order valence-corrected chi connectivity index (χ1v) is 10.8. The summed E-state index contributed by atoms with van der Waals surface area (Å²) < 4.78 is 18.0. The van der Waals surface area contributed by atoms with Gasteiger partial charge in [-0.2, -0.15) is 0 Å². The minimum absolute atomic E-state index is 0.232. The zero-order valence-corrected chi connectivity index (χ0v) is 20.3. The third kappa shape index (κ3) is 4.66. The standard InChI is InChI=1S/C21H30BrN3O5/c1-13-14(22)10-15-16(23-13)25(18(27)30-20(5,6)7)21(12-28-15)8-9-24(11-21)17(26)29-19(2,3)4/h10H,8-9,11-12H2,1-7H3. The van der Waals surface area contributed by atoms with Gasteiger partial charge in [0.05, 0.1) is 12.2 Å². The summed E-state index contributed by atoms with van der Waals surface area (Å²) in [4.78, 5) is 33.7. The van der Waals surface area contributed by atoms with Gasteiger partial charge in [-0.25, -0.2) is 19.5 Å². The van der Waals surface area contributed by atoms with Gasteiger partial charge in [-0.3, -0.25) is 0 Å². The molecule has 0 saturated carbocycles. The van der Waals surface area contributed by atoms with Crippen LogP contribution >= 0.6 is 15.9 Å². The van der Waals surface area contributed by atoms with Crippen LogP contribution < -0.4 is 9.64 Å². The van der Waals surface area contributed by atoms with Crippen molar-refractivity contribution in [1.29, 1.82) is 0 Å². The van der Waals surface area contributed by atoms with Crippen molar-refractivity contribution in [3.63, 3.8) is 0 Å². The number of amides is 2. The van der Waals surface area contributed by atoms with Crippen LogP contribution in [0.2, 0.25) is 0 Å². The van der Waals surface area contributed by atoms with E-state index in [1.54, 1.807) is 9.80 Å². The number of aromatic nitrogens is 1. The second-order valence-electron chi connectivity index (χ2n) is 9.86. The fourth-order valence-electron chi connectivity index (χ4n) is 3.55. The van der Waals surface area contributed by atoms with Gasteiger partial charge in [0.25, 0.3) is 0 Å². The van der Waals surface area contributed by atoms with Crippen molar-refractivity contribution < 1.29 is 23.8 Å². The molecule has 0 aliphatic carbocycles. The third-order valence-electron chi connectivity index (χ3n) is 4.84. The molecule has 30 heavy (non-hydrogen) atoms. The molecule has 2 aliphatic rings. The lowest BCUT2D eigenvalue weighted by Gasteiger charge is -2.44. The molecule has 1 fully saturated rings. The van der Waals surface area contributed by atoms with Gasteiger partial charge in [-0.1, -0.05) is 0 Å². The van der Waals surface area contributed by atoms with Gasteiger partial charge in [-0.05, 0) is 70.8 Å². The minimum Gasteiger partial charge on any atom is -0.487 e. The van der Waals surface area contributed by atoms with Crippen molar-refractivity contribution in [2.75, 3.05) is 24.6 Å². The zero-order valence-electron chi connectivity index (χ0n) is 18.7. The largest absolute Gasteiger partial charge is 0.487 e. The number of anilines is 1. The highest BCUT2D eigenvalue weighted by Gasteiger charge is 2.53. The Kier molecular flexibility index (Phi) is 5.73. The van der Waals surface area contributed by atoms with Crippen LogP contribution in [0, 0.1) is 6.92 Å². The Morgan fingerprint density at radius 1 is 1.13 bits per heavy atom. The number of nitrogens with zero attached hydrogens (tertiary/aromatic N) is 3. The number of halogens is 1. The first-order valence-electron chi connectivity index (χ1n) is 10.0. The zero-order chi connectivity index (χ0) is 22.5. The van der Waals surface area contributed by atoms with E-state index in [-0.39, 0.29) is 13.2 Å². The lowest BCUT2D eigenvalue weighted by molar-refractivity contribution is 0.0260. The maximum Gasteiger partial charge on any atom is 0.416 e. The van der Waals surface area contributed by atoms with Gasteiger partial charge in [0.1, 0.15) is 23.3 Å². The lowest BCUT2D eigenvalue weighted by atomic mass is 9.95. The molecule has 8 nitrogen and oxygen atoms in total. The highest BCUT2D eigenvalue weighted by molar-refractivity contribution is 9.10.